The van der Waals surface area contributed by atoms with E-state index in [1.165, 1.54) is 4.90 Å². The molecule has 8 heavy (non-hydrogen) atoms. The van der Waals surface area contributed by atoms with E-state index in [9.17, 15) is 9.18 Å². The van der Waals surface area contributed by atoms with Gasteiger partial charge in [0.2, 0.25) is 6.41 Å². The van der Waals surface area contributed by atoms with Crippen LogP contribution >= 0.6 is 0 Å². The molecule has 1 saturated heterocycles. The van der Waals surface area contributed by atoms with Crippen LogP contribution < -0.4 is 0 Å². The smallest absolute Gasteiger partial charge is 0.209 e. The molecule has 0 spiro atoms. The average molecular weight is 117 g/mol. The van der Waals surface area contributed by atoms with Gasteiger partial charge in [-0.05, 0) is 6.42 Å². The molecule has 1 atom stereocenters. The highest BCUT2D eigenvalue weighted by Crippen LogP contribution is 2.08. The maximum atomic E-state index is 12.2. The summed E-state index contributed by atoms with van der Waals surface area (Å²) >= 11 is 0. The standard InChI is InChI=1S/C5H8FNO/c6-5-1-2-7(3-5)4-8/h4-5H,1-3H2/t5-/m0/s1. The minimum atomic E-state index is -0.778. The molecule has 1 rings (SSSR count). The van der Waals surface area contributed by atoms with E-state index < -0.39 is 6.17 Å². The molecule has 0 N–H and O–H groups in total. The summed E-state index contributed by atoms with van der Waals surface area (Å²) in [6.45, 7) is 0.883. The van der Waals surface area contributed by atoms with Gasteiger partial charge in [0.25, 0.3) is 0 Å². The molecule has 3 heteroatoms. The lowest BCUT2D eigenvalue weighted by atomic mass is 10.4. The number of hydrogen-bond donors (Lipinski definition) is 0. The van der Waals surface area contributed by atoms with E-state index in [2.05, 4.69) is 0 Å². The van der Waals surface area contributed by atoms with Crippen molar-refractivity contribution in [3.8, 4) is 0 Å². The molecule has 0 aromatic heterocycles. The topological polar surface area (TPSA) is 20.3 Å². The van der Waals surface area contributed by atoms with Crippen molar-refractivity contribution in [3.05, 3.63) is 0 Å². The molecule has 0 unspecified atom stereocenters. The van der Waals surface area contributed by atoms with E-state index in [4.69, 9.17) is 0 Å². The van der Waals surface area contributed by atoms with Crippen molar-refractivity contribution in [3.63, 3.8) is 0 Å². The predicted octanol–water partition coefficient (Wildman–Crippen LogP) is 0.187. The lowest BCUT2D eigenvalue weighted by Crippen LogP contribution is -2.18. The summed E-state index contributed by atoms with van der Waals surface area (Å²) in [7, 11) is 0. The van der Waals surface area contributed by atoms with Crippen LogP contribution in [-0.2, 0) is 4.79 Å². The Balaban J connectivity index is 2.32. The zero-order valence-electron chi connectivity index (χ0n) is 4.51. The highest BCUT2D eigenvalue weighted by Gasteiger charge is 2.19. The Kier molecular flexibility index (Phi) is 1.46. The molecule has 0 radical (unpaired) electrons. The molecule has 0 aliphatic carbocycles. The fraction of sp³-hybridized carbons (Fsp3) is 0.800. The van der Waals surface area contributed by atoms with Crippen molar-refractivity contribution >= 4 is 6.41 Å². The van der Waals surface area contributed by atoms with Gasteiger partial charge in [0.05, 0.1) is 6.54 Å². The minimum Gasteiger partial charge on any atom is -0.342 e. The summed E-state index contributed by atoms with van der Waals surface area (Å²) in [6.07, 6.45) is 0.429. The van der Waals surface area contributed by atoms with E-state index in [0.717, 1.165) is 0 Å². The van der Waals surface area contributed by atoms with Crippen LogP contribution in [0.2, 0.25) is 0 Å². The first kappa shape index (κ1) is 5.54. The van der Waals surface area contributed by atoms with Crippen LogP contribution in [0.25, 0.3) is 0 Å². The van der Waals surface area contributed by atoms with Crippen molar-refractivity contribution < 1.29 is 9.18 Å². The number of nitrogens with zero attached hydrogens (tertiary/aromatic N) is 1. The summed E-state index contributed by atoms with van der Waals surface area (Å²) in [5.74, 6) is 0. The third-order valence-corrected chi connectivity index (χ3v) is 1.31. The van der Waals surface area contributed by atoms with Gasteiger partial charge in [0, 0.05) is 6.54 Å². The summed E-state index contributed by atoms with van der Waals surface area (Å²) in [6, 6.07) is 0. The number of amides is 1. The van der Waals surface area contributed by atoms with Gasteiger partial charge in [-0.2, -0.15) is 0 Å². The second kappa shape index (κ2) is 2.11. The van der Waals surface area contributed by atoms with E-state index >= 15 is 0 Å². The van der Waals surface area contributed by atoms with Crippen LogP contribution in [0.4, 0.5) is 4.39 Å². The van der Waals surface area contributed by atoms with Gasteiger partial charge in [-0.3, -0.25) is 4.79 Å². The van der Waals surface area contributed by atoms with Gasteiger partial charge < -0.3 is 4.90 Å². The minimum absolute atomic E-state index is 0.295. The molecule has 0 aromatic rings. The van der Waals surface area contributed by atoms with Gasteiger partial charge in [0.15, 0.2) is 0 Å². The van der Waals surface area contributed by atoms with Gasteiger partial charge in [0.1, 0.15) is 6.17 Å². The molecule has 1 aliphatic rings. The third-order valence-electron chi connectivity index (χ3n) is 1.31. The molecular formula is C5H8FNO. The largest absolute Gasteiger partial charge is 0.342 e. The van der Waals surface area contributed by atoms with E-state index in [-0.39, 0.29) is 0 Å². The van der Waals surface area contributed by atoms with Crippen molar-refractivity contribution in [2.24, 2.45) is 0 Å². The zero-order chi connectivity index (χ0) is 5.98. The fourth-order valence-electron chi connectivity index (χ4n) is 0.839. The van der Waals surface area contributed by atoms with E-state index in [1.807, 2.05) is 0 Å². The van der Waals surface area contributed by atoms with Gasteiger partial charge in [-0.25, -0.2) is 4.39 Å². The van der Waals surface area contributed by atoms with Crippen LogP contribution in [0.1, 0.15) is 6.42 Å². The van der Waals surface area contributed by atoms with Crippen molar-refractivity contribution in [1.82, 2.24) is 4.90 Å². The molecule has 1 fully saturated rings. The Morgan fingerprint density at radius 1 is 1.75 bits per heavy atom. The quantitative estimate of drug-likeness (QED) is 0.449. The molecule has 2 nitrogen and oxygen atoms in total. The van der Waals surface area contributed by atoms with Crippen LogP contribution in [0.15, 0.2) is 0 Å². The maximum Gasteiger partial charge on any atom is 0.209 e. The number of carbonyl (C=O) groups is 1. The zero-order valence-corrected chi connectivity index (χ0v) is 4.51. The SMILES string of the molecule is O=CN1CC[C@H](F)C1. The number of hydrogen-bond acceptors (Lipinski definition) is 1. The molecule has 1 heterocycles. The first-order chi connectivity index (χ1) is 3.83. The van der Waals surface area contributed by atoms with Crippen LogP contribution in [0, 0.1) is 0 Å². The number of likely N-dealkylation sites (tertiary alicyclic amines) is 1. The Hall–Kier alpha value is -0.600. The summed E-state index contributed by atoms with van der Waals surface area (Å²) in [5.41, 5.74) is 0. The van der Waals surface area contributed by atoms with Gasteiger partial charge in [-0.15, -0.1) is 0 Å². The normalized spacial score (nSPS) is 28.6. The summed E-state index contributed by atoms with van der Waals surface area (Å²) in [5, 5.41) is 0. The van der Waals surface area contributed by atoms with Crippen molar-refractivity contribution in [1.29, 1.82) is 0 Å². The highest BCUT2D eigenvalue weighted by atomic mass is 19.1. The summed E-state index contributed by atoms with van der Waals surface area (Å²) < 4.78 is 12.2. The Bertz CT molecular complexity index is 96.4. The van der Waals surface area contributed by atoms with Crippen LogP contribution in [0.5, 0.6) is 0 Å². The van der Waals surface area contributed by atoms with Crippen LogP contribution in [-0.4, -0.2) is 30.6 Å². The lowest BCUT2D eigenvalue weighted by molar-refractivity contribution is -0.117. The molecular weight excluding hydrogens is 109 g/mol. The van der Waals surface area contributed by atoms with Crippen molar-refractivity contribution in [2.45, 2.75) is 12.6 Å². The summed E-state index contributed by atoms with van der Waals surface area (Å²) in [4.78, 5) is 11.4. The molecule has 1 aliphatic heterocycles. The lowest BCUT2D eigenvalue weighted by Gasteiger charge is -2.03. The number of halogens is 1. The molecule has 1 amide bonds. The Morgan fingerprint density at radius 3 is 2.75 bits per heavy atom. The molecule has 0 bridgehead atoms. The predicted molar refractivity (Wildman–Crippen MR) is 27.1 cm³/mol. The Morgan fingerprint density at radius 2 is 2.50 bits per heavy atom. The first-order valence-electron chi connectivity index (χ1n) is 2.66. The van der Waals surface area contributed by atoms with Gasteiger partial charge >= 0.3 is 0 Å². The second-order valence-electron chi connectivity index (χ2n) is 1.99. The maximum absolute atomic E-state index is 12.2. The average Bonchev–Trinajstić information content (AvgIpc) is 2.14. The molecule has 0 saturated carbocycles. The second-order valence-corrected chi connectivity index (χ2v) is 1.99. The fourth-order valence-corrected chi connectivity index (χ4v) is 0.839. The Labute approximate surface area is 47.3 Å². The van der Waals surface area contributed by atoms with E-state index in [1.54, 1.807) is 0 Å². The van der Waals surface area contributed by atoms with Crippen LogP contribution in [0.3, 0.4) is 0 Å². The van der Waals surface area contributed by atoms with Crippen molar-refractivity contribution in [2.75, 3.05) is 13.1 Å². The third kappa shape index (κ3) is 0.967. The number of rotatable bonds is 1. The van der Waals surface area contributed by atoms with Gasteiger partial charge in [-0.1, -0.05) is 0 Å². The molecule has 46 valence electrons. The first-order valence-corrected chi connectivity index (χ1v) is 2.66. The highest BCUT2D eigenvalue weighted by molar-refractivity contribution is 5.47. The number of alkyl halides is 1. The molecule has 0 aromatic carbocycles. The number of carbonyl (C=O) groups excluding carboxylic acids is 1. The van der Waals surface area contributed by atoms with E-state index in [0.29, 0.717) is 25.9 Å². The monoisotopic (exact) mass is 117 g/mol.